The van der Waals surface area contributed by atoms with Crippen molar-refractivity contribution in [2.45, 2.75) is 32.9 Å². The van der Waals surface area contributed by atoms with Crippen molar-refractivity contribution in [3.63, 3.8) is 0 Å². The van der Waals surface area contributed by atoms with Crippen molar-refractivity contribution in [2.24, 2.45) is 0 Å². The lowest BCUT2D eigenvalue weighted by atomic mass is 10.0. The van der Waals surface area contributed by atoms with Gasteiger partial charge in [-0.05, 0) is 66.4 Å². The van der Waals surface area contributed by atoms with Crippen molar-refractivity contribution < 1.29 is 4.79 Å². The van der Waals surface area contributed by atoms with Crippen LogP contribution in [0.15, 0.2) is 63.9 Å². The number of pyridine rings is 1. The maximum atomic E-state index is 13.2. The van der Waals surface area contributed by atoms with Crippen LogP contribution in [-0.2, 0) is 6.54 Å². The molecule has 0 spiro atoms. The first-order chi connectivity index (χ1) is 12.3. The van der Waals surface area contributed by atoms with E-state index in [0.29, 0.717) is 11.1 Å². The molecule has 26 heavy (non-hydrogen) atoms. The molecule has 3 rings (SSSR count). The van der Waals surface area contributed by atoms with Crippen LogP contribution in [-0.4, -0.2) is 21.3 Å². The predicted molar refractivity (Wildman–Crippen MR) is 108 cm³/mol. The number of rotatable bonds is 3. The first-order valence-electron chi connectivity index (χ1n) is 8.45. The number of H-pyrrole nitrogens is 1. The number of aromatic nitrogens is 1. The summed E-state index contributed by atoms with van der Waals surface area (Å²) in [5, 5.41) is 0.948. The van der Waals surface area contributed by atoms with Gasteiger partial charge in [0, 0.05) is 21.1 Å². The second kappa shape index (κ2) is 7.08. The molecule has 0 radical (unpaired) electrons. The molecule has 0 bridgehead atoms. The molecule has 0 aliphatic carbocycles. The Morgan fingerprint density at radius 2 is 1.73 bits per heavy atom. The van der Waals surface area contributed by atoms with Crippen molar-refractivity contribution in [1.82, 2.24) is 9.88 Å². The highest BCUT2D eigenvalue weighted by atomic mass is 79.9. The molecule has 0 fully saturated rings. The van der Waals surface area contributed by atoms with Gasteiger partial charge >= 0.3 is 0 Å². The van der Waals surface area contributed by atoms with E-state index >= 15 is 0 Å². The Balaban J connectivity index is 2.03. The molecule has 5 heteroatoms. The third kappa shape index (κ3) is 3.73. The van der Waals surface area contributed by atoms with Crippen LogP contribution in [0.25, 0.3) is 10.9 Å². The molecule has 1 heterocycles. The molecular formula is C21H21BrN2O2. The Morgan fingerprint density at radius 3 is 2.42 bits per heavy atom. The fourth-order valence-corrected chi connectivity index (χ4v) is 3.33. The van der Waals surface area contributed by atoms with E-state index in [-0.39, 0.29) is 18.0 Å². The van der Waals surface area contributed by atoms with E-state index in [1.807, 2.05) is 69.3 Å². The Kier molecular flexibility index (Phi) is 5.01. The van der Waals surface area contributed by atoms with Gasteiger partial charge in [-0.1, -0.05) is 30.3 Å². The monoisotopic (exact) mass is 412 g/mol. The molecule has 1 N–H and O–H groups in total. The SMILES string of the molecule is CC(C)(C)N(Cc1cc2ccccc2[nH]c1=O)C(=O)c1ccccc1Br. The first kappa shape index (κ1) is 18.4. The van der Waals surface area contributed by atoms with Crippen LogP contribution in [0.5, 0.6) is 0 Å². The molecule has 4 nitrogen and oxygen atoms in total. The Morgan fingerprint density at radius 1 is 1.08 bits per heavy atom. The molecular weight excluding hydrogens is 392 g/mol. The van der Waals surface area contributed by atoms with Gasteiger partial charge in [-0.3, -0.25) is 9.59 Å². The zero-order valence-electron chi connectivity index (χ0n) is 15.0. The topological polar surface area (TPSA) is 53.2 Å². The van der Waals surface area contributed by atoms with Crippen molar-refractivity contribution in [2.75, 3.05) is 0 Å². The number of fused-ring (bicyclic) bond motifs is 1. The number of amides is 1. The minimum absolute atomic E-state index is 0.113. The van der Waals surface area contributed by atoms with E-state index in [9.17, 15) is 9.59 Å². The lowest BCUT2D eigenvalue weighted by Crippen LogP contribution is -2.46. The van der Waals surface area contributed by atoms with E-state index in [0.717, 1.165) is 15.4 Å². The van der Waals surface area contributed by atoms with E-state index in [1.54, 1.807) is 11.0 Å². The number of nitrogens with zero attached hydrogens (tertiary/aromatic N) is 1. The summed E-state index contributed by atoms with van der Waals surface area (Å²) in [6, 6.07) is 16.8. The number of carbonyl (C=O) groups excluding carboxylic acids is 1. The summed E-state index contributed by atoms with van der Waals surface area (Å²) >= 11 is 3.45. The molecule has 1 amide bonds. The quantitative estimate of drug-likeness (QED) is 0.675. The number of halogens is 1. The van der Waals surface area contributed by atoms with Crippen LogP contribution >= 0.6 is 15.9 Å². The Labute approximate surface area is 161 Å². The molecule has 2 aromatic carbocycles. The van der Waals surface area contributed by atoms with E-state index in [2.05, 4.69) is 20.9 Å². The number of hydrogen-bond acceptors (Lipinski definition) is 2. The molecule has 0 aliphatic heterocycles. The van der Waals surface area contributed by atoms with Gasteiger partial charge in [0.25, 0.3) is 11.5 Å². The molecule has 0 aliphatic rings. The second-order valence-corrected chi connectivity index (χ2v) is 8.11. The summed E-state index contributed by atoms with van der Waals surface area (Å²) in [5.41, 5.74) is 1.34. The standard InChI is InChI=1S/C21H21BrN2O2/c1-21(2,3)24(20(26)16-9-5-6-10-17(16)22)13-15-12-14-8-4-7-11-18(14)23-19(15)25/h4-12H,13H2,1-3H3,(H,23,25). The van der Waals surface area contributed by atoms with E-state index in [1.165, 1.54) is 0 Å². The summed E-state index contributed by atoms with van der Waals surface area (Å²) in [4.78, 5) is 30.3. The van der Waals surface area contributed by atoms with Gasteiger partial charge < -0.3 is 9.88 Å². The van der Waals surface area contributed by atoms with Crippen LogP contribution in [0.2, 0.25) is 0 Å². The molecule has 0 atom stereocenters. The van der Waals surface area contributed by atoms with Crippen LogP contribution in [0.4, 0.5) is 0 Å². The van der Waals surface area contributed by atoms with Gasteiger partial charge in [-0.15, -0.1) is 0 Å². The highest BCUT2D eigenvalue weighted by Gasteiger charge is 2.29. The van der Waals surface area contributed by atoms with E-state index in [4.69, 9.17) is 0 Å². The number of nitrogens with one attached hydrogen (secondary N) is 1. The maximum absolute atomic E-state index is 13.2. The normalized spacial score (nSPS) is 11.5. The molecule has 0 unspecified atom stereocenters. The van der Waals surface area contributed by atoms with Crippen molar-refractivity contribution in [3.8, 4) is 0 Å². The van der Waals surface area contributed by atoms with Crippen molar-refractivity contribution in [1.29, 1.82) is 0 Å². The minimum Gasteiger partial charge on any atom is -0.329 e. The average Bonchev–Trinajstić information content (AvgIpc) is 2.58. The highest BCUT2D eigenvalue weighted by molar-refractivity contribution is 9.10. The van der Waals surface area contributed by atoms with Crippen molar-refractivity contribution >= 4 is 32.7 Å². The molecule has 134 valence electrons. The zero-order chi connectivity index (χ0) is 18.9. The van der Waals surface area contributed by atoms with Gasteiger partial charge in [0.05, 0.1) is 12.1 Å². The average molecular weight is 413 g/mol. The molecule has 1 aromatic heterocycles. The third-order valence-corrected chi connectivity index (χ3v) is 5.01. The molecule has 3 aromatic rings. The lowest BCUT2D eigenvalue weighted by molar-refractivity contribution is 0.0557. The molecule has 0 saturated carbocycles. The minimum atomic E-state index is -0.440. The van der Waals surface area contributed by atoms with Crippen molar-refractivity contribution in [3.05, 3.63) is 80.6 Å². The Hall–Kier alpha value is -2.40. The van der Waals surface area contributed by atoms with Crippen LogP contribution in [0.3, 0.4) is 0 Å². The number of aromatic amines is 1. The smallest absolute Gasteiger partial charge is 0.255 e. The summed E-state index contributed by atoms with van der Waals surface area (Å²) in [5.74, 6) is -0.113. The van der Waals surface area contributed by atoms with Gasteiger partial charge in [0.2, 0.25) is 0 Å². The summed E-state index contributed by atoms with van der Waals surface area (Å²) in [6.07, 6.45) is 0. The van der Waals surface area contributed by atoms with E-state index < -0.39 is 5.54 Å². The largest absolute Gasteiger partial charge is 0.329 e. The number of para-hydroxylation sites is 1. The summed E-state index contributed by atoms with van der Waals surface area (Å²) < 4.78 is 0.742. The number of carbonyl (C=O) groups is 1. The van der Waals surface area contributed by atoms with Crippen LogP contribution in [0, 0.1) is 0 Å². The zero-order valence-corrected chi connectivity index (χ0v) is 16.6. The number of hydrogen-bond donors (Lipinski definition) is 1. The third-order valence-electron chi connectivity index (χ3n) is 4.32. The predicted octanol–water partition coefficient (Wildman–Crippen LogP) is 4.73. The highest BCUT2D eigenvalue weighted by Crippen LogP contribution is 2.24. The second-order valence-electron chi connectivity index (χ2n) is 7.25. The van der Waals surface area contributed by atoms with Gasteiger partial charge in [-0.25, -0.2) is 0 Å². The lowest BCUT2D eigenvalue weighted by Gasteiger charge is -2.36. The summed E-state index contributed by atoms with van der Waals surface area (Å²) in [7, 11) is 0. The van der Waals surface area contributed by atoms with Gasteiger partial charge in [0.1, 0.15) is 0 Å². The first-order valence-corrected chi connectivity index (χ1v) is 9.24. The fourth-order valence-electron chi connectivity index (χ4n) is 2.87. The van der Waals surface area contributed by atoms with Crippen LogP contribution in [0.1, 0.15) is 36.7 Å². The van der Waals surface area contributed by atoms with Gasteiger partial charge in [0.15, 0.2) is 0 Å². The van der Waals surface area contributed by atoms with Crippen LogP contribution < -0.4 is 5.56 Å². The maximum Gasteiger partial charge on any atom is 0.255 e. The fraction of sp³-hybridized carbons (Fsp3) is 0.238. The molecule has 0 saturated heterocycles. The Bertz CT molecular complexity index is 1020. The summed E-state index contributed by atoms with van der Waals surface area (Å²) in [6.45, 7) is 6.15. The van der Waals surface area contributed by atoms with Gasteiger partial charge in [-0.2, -0.15) is 0 Å². The number of benzene rings is 2.